The molecule has 0 amide bonds. The van der Waals surface area contributed by atoms with Crippen LogP contribution in [0.4, 0.5) is 0 Å². The summed E-state index contributed by atoms with van der Waals surface area (Å²) in [5.41, 5.74) is 0. The molecule has 1 rings (SSSR count). The molecule has 3 unspecified atom stereocenters. The molecule has 0 radical (unpaired) electrons. The van der Waals surface area contributed by atoms with Crippen LogP contribution in [0.2, 0.25) is 0 Å². The minimum absolute atomic E-state index is 0.389. The zero-order chi connectivity index (χ0) is 19.3. The molecule has 0 N–H and O–H groups in total. The quantitative estimate of drug-likeness (QED) is 0.291. The van der Waals surface area contributed by atoms with Crippen LogP contribution < -0.4 is 4.52 Å². The number of hydrogen-bond donors (Lipinski definition) is 0. The van der Waals surface area contributed by atoms with E-state index in [9.17, 15) is 4.57 Å². The predicted molar refractivity (Wildman–Crippen MR) is 112 cm³/mol. The maximum atomic E-state index is 13.6. The Morgan fingerprint density at radius 3 is 2.00 bits per heavy atom. The third-order valence-electron chi connectivity index (χ3n) is 5.06. The SMILES string of the molecule is CCCCC(CC)COP(=O)(CC(CC)CCCC)Oc1ccccc1. The highest BCUT2D eigenvalue weighted by Crippen LogP contribution is 2.51. The summed E-state index contributed by atoms with van der Waals surface area (Å²) in [4.78, 5) is 0. The van der Waals surface area contributed by atoms with Crippen LogP contribution in [-0.4, -0.2) is 12.8 Å². The lowest BCUT2D eigenvalue weighted by atomic mass is 10.0. The van der Waals surface area contributed by atoms with Crippen molar-refractivity contribution in [2.75, 3.05) is 12.8 Å². The van der Waals surface area contributed by atoms with Gasteiger partial charge in [0.15, 0.2) is 0 Å². The maximum Gasteiger partial charge on any atom is 0.379 e. The van der Waals surface area contributed by atoms with Gasteiger partial charge in [0.1, 0.15) is 5.75 Å². The van der Waals surface area contributed by atoms with Gasteiger partial charge in [0.05, 0.1) is 12.8 Å². The van der Waals surface area contributed by atoms with E-state index in [4.69, 9.17) is 9.05 Å². The van der Waals surface area contributed by atoms with Gasteiger partial charge in [-0.05, 0) is 36.8 Å². The molecular weight excluding hydrogens is 343 g/mol. The van der Waals surface area contributed by atoms with Gasteiger partial charge in [-0.25, -0.2) is 4.57 Å². The van der Waals surface area contributed by atoms with Crippen LogP contribution in [0.25, 0.3) is 0 Å². The topological polar surface area (TPSA) is 35.5 Å². The molecule has 0 saturated heterocycles. The average Bonchev–Trinajstić information content (AvgIpc) is 2.66. The van der Waals surface area contributed by atoms with E-state index >= 15 is 0 Å². The van der Waals surface area contributed by atoms with Crippen molar-refractivity contribution in [3.05, 3.63) is 30.3 Å². The van der Waals surface area contributed by atoms with E-state index in [1.54, 1.807) is 0 Å². The summed E-state index contributed by atoms with van der Waals surface area (Å²) in [5.74, 6) is 1.49. The number of hydrogen-bond acceptors (Lipinski definition) is 3. The molecule has 26 heavy (non-hydrogen) atoms. The van der Waals surface area contributed by atoms with Crippen molar-refractivity contribution < 1.29 is 13.6 Å². The predicted octanol–water partition coefficient (Wildman–Crippen LogP) is 7.71. The molecule has 3 nitrogen and oxygen atoms in total. The minimum atomic E-state index is -3.15. The summed E-state index contributed by atoms with van der Waals surface area (Å²) in [7, 11) is -3.15. The third-order valence-corrected chi connectivity index (χ3v) is 7.06. The van der Waals surface area contributed by atoms with Crippen LogP contribution in [0.5, 0.6) is 5.75 Å². The highest BCUT2D eigenvalue weighted by Gasteiger charge is 2.31. The fraction of sp³-hybridized carbons (Fsp3) is 0.727. The van der Waals surface area contributed by atoms with Crippen molar-refractivity contribution in [3.8, 4) is 5.75 Å². The van der Waals surface area contributed by atoms with Gasteiger partial charge < -0.3 is 4.52 Å². The Morgan fingerprint density at radius 1 is 0.885 bits per heavy atom. The summed E-state index contributed by atoms with van der Waals surface area (Å²) in [6.45, 7) is 9.29. The Bertz CT molecular complexity index is 503. The van der Waals surface area contributed by atoms with Gasteiger partial charge in [-0.1, -0.05) is 84.4 Å². The highest BCUT2D eigenvalue weighted by atomic mass is 31.2. The number of rotatable bonds is 15. The average molecular weight is 383 g/mol. The van der Waals surface area contributed by atoms with E-state index in [0.29, 0.717) is 30.4 Å². The third kappa shape index (κ3) is 9.24. The second kappa shape index (κ2) is 13.4. The standard InChI is InChI=1S/C22H39O3P/c1-5-9-14-20(7-3)18-24-26(23,19-21(8-4)15-10-6-2)25-22-16-12-11-13-17-22/h11-13,16-17,20-21H,5-10,14-15,18-19H2,1-4H3. The fourth-order valence-corrected chi connectivity index (χ4v) is 5.30. The Hall–Kier alpha value is -0.790. The van der Waals surface area contributed by atoms with Gasteiger partial charge in [-0.2, -0.15) is 0 Å². The molecule has 0 aliphatic carbocycles. The van der Waals surface area contributed by atoms with Crippen LogP contribution in [0.3, 0.4) is 0 Å². The number of unbranched alkanes of at least 4 members (excludes halogenated alkanes) is 2. The van der Waals surface area contributed by atoms with Crippen LogP contribution in [-0.2, 0) is 9.09 Å². The first-order valence-corrected chi connectivity index (χ1v) is 12.3. The van der Waals surface area contributed by atoms with Gasteiger partial charge in [-0.15, -0.1) is 0 Å². The Morgan fingerprint density at radius 2 is 1.46 bits per heavy atom. The maximum absolute atomic E-state index is 13.6. The van der Waals surface area contributed by atoms with Crippen LogP contribution in [0, 0.1) is 11.8 Å². The zero-order valence-corrected chi connectivity index (χ0v) is 18.2. The van der Waals surface area contributed by atoms with Crippen LogP contribution in [0.15, 0.2) is 30.3 Å². The second-order valence-corrected chi connectivity index (χ2v) is 9.35. The van der Waals surface area contributed by atoms with Crippen LogP contribution in [0.1, 0.15) is 79.1 Å². The summed E-state index contributed by atoms with van der Waals surface area (Å²) >= 11 is 0. The molecule has 0 bridgehead atoms. The van der Waals surface area contributed by atoms with Crippen molar-refractivity contribution in [1.29, 1.82) is 0 Å². The zero-order valence-electron chi connectivity index (χ0n) is 17.3. The summed E-state index contributed by atoms with van der Waals surface area (Å²) in [6, 6.07) is 9.47. The lowest BCUT2D eigenvalue weighted by Gasteiger charge is -2.25. The van der Waals surface area contributed by atoms with E-state index in [0.717, 1.165) is 38.5 Å². The largest absolute Gasteiger partial charge is 0.424 e. The van der Waals surface area contributed by atoms with Gasteiger partial charge >= 0.3 is 7.60 Å². The van der Waals surface area contributed by atoms with Crippen molar-refractivity contribution in [2.24, 2.45) is 11.8 Å². The first-order chi connectivity index (χ1) is 12.6. The molecule has 4 heteroatoms. The van der Waals surface area contributed by atoms with E-state index < -0.39 is 7.60 Å². The molecule has 0 aliphatic rings. The van der Waals surface area contributed by atoms with Crippen LogP contribution >= 0.6 is 7.60 Å². The molecule has 0 aliphatic heterocycles. The fourth-order valence-electron chi connectivity index (χ4n) is 3.11. The Kier molecular flexibility index (Phi) is 12.0. The molecule has 1 aromatic rings. The molecule has 0 spiro atoms. The van der Waals surface area contributed by atoms with Crippen molar-refractivity contribution in [1.82, 2.24) is 0 Å². The van der Waals surface area contributed by atoms with Gasteiger partial charge in [-0.3, -0.25) is 4.52 Å². The van der Waals surface area contributed by atoms with Crippen molar-refractivity contribution in [3.63, 3.8) is 0 Å². The number of benzene rings is 1. The van der Waals surface area contributed by atoms with Gasteiger partial charge in [0, 0.05) is 0 Å². The van der Waals surface area contributed by atoms with E-state index in [1.165, 1.54) is 12.8 Å². The molecule has 3 atom stereocenters. The number of para-hydroxylation sites is 1. The molecule has 1 aromatic carbocycles. The van der Waals surface area contributed by atoms with E-state index in [1.807, 2.05) is 30.3 Å². The van der Waals surface area contributed by atoms with Crippen molar-refractivity contribution in [2.45, 2.75) is 79.1 Å². The summed E-state index contributed by atoms with van der Waals surface area (Å²) < 4.78 is 25.5. The molecule has 150 valence electrons. The van der Waals surface area contributed by atoms with Crippen molar-refractivity contribution >= 4 is 7.60 Å². The minimum Gasteiger partial charge on any atom is -0.424 e. The highest BCUT2D eigenvalue weighted by molar-refractivity contribution is 7.54. The molecule has 0 fully saturated rings. The Balaban J connectivity index is 2.80. The summed E-state index contributed by atoms with van der Waals surface area (Å²) in [5, 5.41) is 0. The first-order valence-electron chi connectivity index (χ1n) is 10.5. The smallest absolute Gasteiger partial charge is 0.379 e. The molecule has 0 aromatic heterocycles. The molecule has 0 saturated carbocycles. The molecular formula is C22H39O3P. The lowest BCUT2D eigenvalue weighted by Crippen LogP contribution is -2.15. The second-order valence-electron chi connectivity index (χ2n) is 7.33. The molecule has 0 heterocycles. The van der Waals surface area contributed by atoms with Gasteiger partial charge in [0.25, 0.3) is 0 Å². The summed E-state index contributed by atoms with van der Waals surface area (Å²) in [6.07, 6.45) is 9.51. The Labute approximate surface area is 161 Å². The monoisotopic (exact) mass is 382 g/mol. The van der Waals surface area contributed by atoms with E-state index in [-0.39, 0.29) is 0 Å². The lowest BCUT2D eigenvalue weighted by molar-refractivity contribution is 0.203. The van der Waals surface area contributed by atoms with Gasteiger partial charge in [0.2, 0.25) is 0 Å². The van der Waals surface area contributed by atoms with E-state index in [2.05, 4.69) is 27.7 Å². The first kappa shape index (κ1) is 23.2. The normalized spacial score (nSPS) is 16.0.